The van der Waals surface area contributed by atoms with Gasteiger partial charge < -0.3 is 10.1 Å². The highest BCUT2D eigenvalue weighted by Gasteiger charge is 2.14. The van der Waals surface area contributed by atoms with E-state index in [1.807, 2.05) is 42.5 Å². The van der Waals surface area contributed by atoms with Crippen LogP contribution in [0.3, 0.4) is 0 Å². The van der Waals surface area contributed by atoms with E-state index in [0.717, 1.165) is 10.0 Å². The summed E-state index contributed by atoms with van der Waals surface area (Å²) in [5, 5.41) is 2.72. The molecule has 0 saturated carbocycles. The first-order valence-electron chi connectivity index (χ1n) is 8.74. The molecule has 0 aromatic heterocycles. The van der Waals surface area contributed by atoms with Gasteiger partial charge in [0.15, 0.2) is 6.61 Å². The number of benzene rings is 3. The first kappa shape index (κ1) is 21.0. The molecule has 6 nitrogen and oxygen atoms in total. The fourth-order valence-corrected chi connectivity index (χ4v) is 3.90. The molecule has 0 fully saturated rings. The molecule has 0 aliphatic heterocycles. The fraction of sp³-hybridized carbons (Fsp3) is 0.0952. The summed E-state index contributed by atoms with van der Waals surface area (Å²) in [7, 11) is -3.64. The third-order valence-corrected chi connectivity index (χ3v) is 5.83. The Hall–Kier alpha value is -2.68. The van der Waals surface area contributed by atoms with Crippen molar-refractivity contribution in [2.24, 2.45) is 0 Å². The minimum absolute atomic E-state index is 0.124. The van der Waals surface area contributed by atoms with Crippen molar-refractivity contribution in [1.29, 1.82) is 0 Å². The van der Waals surface area contributed by atoms with Crippen molar-refractivity contribution in [3.8, 4) is 5.75 Å². The Bertz CT molecular complexity index is 1070. The average molecular weight is 475 g/mol. The van der Waals surface area contributed by atoms with Crippen molar-refractivity contribution in [3.05, 3.63) is 88.9 Å². The second-order valence-corrected chi connectivity index (χ2v) is 8.81. The molecular weight excluding hydrogens is 456 g/mol. The van der Waals surface area contributed by atoms with Crippen molar-refractivity contribution >= 4 is 37.5 Å². The Morgan fingerprint density at radius 1 is 0.931 bits per heavy atom. The summed E-state index contributed by atoms with van der Waals surface area (Å²) < 4.78 is 33.6. The molecule has 3 rings (SSSR count). The van der Waals surface area contributed by atoms with Gasteiger partial charge in [0.05, 0.1) is 4.90 Å². The summed E-state index contributed by atoms with van der Waals surface area (Å²) in [6.45, 7) is 0.0159. The van der Waals surface area contributed by atoms with Crippen LogP contribution >= 0.6 is 15.9 Å². The number of carbonyl (C=O) groups is 1. The van der Waals surface area contributed by atoms with E-state index >= 15 is 0 Å². The van der Waals surface area contributed by atoms with Crippen LogP contribution in [0.1, 0.15) is 5.56 Å². The van der Waals surface area contributed by atoms with Crippen LogP contribution in [0.15, 0.2) is 88.2 Å². The summed E-state index contributed by atoms with van der Waals surface area (Å²) >= 11 is 3.34. The molecule has 0 spiro atoms. The van der Waals surface area contributed by atoms with E-state index in [1.165, 1.54) is 24.3 Å². The van der Waals surface area contributed by atoms with Crippen LogP contribution in [-0.4, -0.2) is 20.9 Å². The van der Waals surface area contributed by atoms with Crippen LogP contribution in [0.5, 0.6) is 5.75 Å². The van der Waals surface area contributed by atoms with Crippen LogP contribution in [0.2, 0.25) is 0 Å². The third kappa shape index (κ3) is 6.42. The Morgan fingerprint density at radius 3 is 2.34 bits per heavy atom. The van der Waals surface area contributed by atoms with Gasteiger partial charge >= 0.3 is 0 Å². The molecule has 0 aliphatic carbocycles. The number of carbonyl (C=O) groups excluding carboxylic acids is 1. The second kappa shape index (κ2) is 9.69. The average Bonchev–Trinajstić information content (AvgIpc) is 2.72. The maximum Gasteiger partial charge on any atom is 0.262 e. The van der Waals surface area contributed by atoms with Crippen molar-refractivity contribution < 1.29 is 17.9 Å². The summed E-state index contributed by atoms with van der Waals surface area (Å²) in [6, 6.07) is 22.4. The smallest absolute Gasteiger partial charge is 0.262 e. The molecule has 0 atom stereocenters. The van der Waals surface area contributed by atoms with Gasteiger partial charge in [-0.1, -0.05) is 52.3 Å². The summed E-state index contributed by atoms with van der Waals surface area (Å²) in [6.07, 6.45) is 0. The zero-order valence-electron chi connectivity index (χ0n) is 15.3. The molecule has 8 heteroatoms. The summed E-state index contributed by atoms with van der Waals surface area (Å²) in [5.74, 6) is 0.0840. The highest BCUT2D eigenvalue weighted by molar-refractivity contribution is 9.10. The fourth-order valence-electron chi connectivity index (χ4n) is 2.48. The van der Waals surface area contributed by atoms with Crippen LogP contribution in [0.4, 0.5) is 5.69 Å². The number of halogens is 1. The predicted octanol–water partition coefficient (Wildman–Crippen LogP) is 3.95. The Labute approximate surface area is 178 Å². The SMILES string of the molecule is O=C(COc1ccc(S(=O)(=O)NCc2ccccc2)cc1)Nc1cccc(Br)c1. The van der Waals surface area contributed by atoms with E-state index < -0.39 is 10.0 Å². The number of ether oxygens (including phenoxy) is 1. The Kier molecular flexibility index (Phi) is 7.03. The topological polar surface area (TPSA) is 84.5 Å². The van der Waals surface area contributed by atoms with Crippen molar-refractivity contribution in [3.63, 3.8) is 0 Å². The van der Waals surface area contributed by atoms with E-state index in [1.54, 1.807) is 12.1 Å². The Morgan fingerprint density at radius 2 is 1.66 bits per heavy atom. The van der Waals surface area contributed by atoms with Gasteiger partial charge in [0.25, 0.3) is 5.91 Å². The zero-order chi connectivity index (χ0) is 20.7. The number of hydrogen-bond donors (Lipinski definition) is 2. The lowest BCUT2D eigenvalue weighted by Gasteiger charge is -2.10. The van der Waals surface area contributed by atoms with Gasteiger partial charge in [-0.2, -0.15) is 0 Å². The molecule has 1 amide bonds. The van der Waals surface area contributed by atoms with Gasteiger partial charge in [-0.3, -0.25) is 4.79 Å². The van der Waals surface area contributed by atoms with Crippen LogP contribution in [-0.2, 0) is 21.4 Å². The number of hydrogen-bond acceptors (Lipinski definition) is 4. The molecule has 0 aliphatic rings. The van der Waals surface area contributed by atoms with E-state index in [0.29, 0.717) is 11.4 Å². The molecule has 0 unspecified atom stereocenters. The van der Waals surface area contributed by atoms with E-state index in [-0.39, 0.29) is 24.0 Å². The molecule has 2 N–H and O–H groups in total. The molecule has 29 heavy (non-hydrogen) atoms. The lowest BCUT2D eigenvalue weighted by Crippen LogP contribution is -2.23. The van der Waals surface area contributed by atoms with Crippen LogP contribution < -0.4 is 14.8 Å². The maximum absolute atomic E-state index is 12.4. The summed E-state index contributed by atoms with van der Waals surface area (Å²) in [4.78, 5) is 12.1. The highest BCUT2D eigenvalue weighted by Crippen LogP contribution is 2.17. The monoisotopic (exact) mass is 474 g/mol. The zero-order valence-corrected chi connectivity index (χ0v) is 17.7. The molecule has 150 valence electrons. The minimum Gasteiger partial charge on any atom is -0.484 e. The number of anilines is 1. The molecule has 0 bridgehead atoms. The van der Waals surface area contributed by atoms with Gasteiger partial charge in [-0.25, -0.2) is 13.1 Å². The lowest BCUT2D eigenvalue weighted by atomic mass is 10.2. The van der Waals surface area contributed by atoms with Gasteiger partial charge in [0, 0.05) is 16.7 Å². The van der Waals surface area contributed by atoms with Crippen molar-refractivity contribution in [1.82, 2.24) is 4.72 Å². The first-order chi connectivity index (χ1) is 13.9. The second-order valence-electron chi connectivity index (χ2n) is 6.13. The third-order valence-electron chi connectivity index (χ3n) is 3.92. The number of sulfonamides is 1. The van der Waals surface area contributed by atoms with E-state index in [4.69, 9.17) is 4.74 Å². The number of amides is 1. The highest BCUT2D eigenvalue weighted by atomic mass is 79.9. The van der Waals surface area contributed by atoms with Gasteiger partial charge in [0.1, 0.15) is 5.75 Å². The number of rotatable bonds is 8. The normalized spacial score (nSPS) is 11.1. The number of nitrogens with one attached hydrogen (secondary N) is 2. The predicted molar refractivity (Wildman–Crippen MR) is 115 cm³/mol. The minimum atomic E-state index is -3.64. The van der Waals surface area contributed by atoms with E-state index in [2.05, 4.69) is 26.0 Å². The van der Waals surface area contributed by atoms with Crippen molar-refractivity contribution in [2.75, 3.05) is 11.9 Å². The standard InChI is InChI=1S/C21H19BrN2O4S/c22-17-7-4-8-18(13-17)24-21(25)15-28-19-9-11-20(12-10-19)29(26,27)23-14-16-5-2-1-3-6-16/h1-13,23H,14-15H2,(H,24,25). The van der Waals surface area contributed by atoms with Gasteiger partial charge in [-0.05, 0) is 48.0 Å². The maximum atomic E-state index is 12.4. The molecule has 0 saturated heterocycles. The van der Waals surface area contributed by atoms with Gasteiger partial charge in [-0.15, -0.1) is 0 Å². The largest absolute Gasteiger partial charge is 0.484 e. The summed E-state index contributed by atoms with van der Waals surface area (Å²) in [5.41, 5.74) is 1.52. The van der Waals surface area contributed by atoms with Crippen LogP contribution in [0.25, 0.3) is 0 Å². The molecule has 3 aromatic carbocycles. The van der Waals surface area contributed by atoms with Crippen molar-refractivity contribution in [2.45, 2.75) is 11.4 Å². The quantitative estimate of drug-likeness (QED) is 0.517. The molecule has 0 radical (unpaired) electrons. The molecule has 0 heterocycles. The first-order valence-corrected chi connectivity index (χ1v) is 11.0. The molecule has 3 aromatic rings. The van der Waals surface area contributed by atoms with Gasteiger partial charge in [0.2, 0.25) is 10.0 Å². The lowest BCUT2D eigenvalue weighted by molar-refractivity contribution is -0.118. The van der Waals surface area contributed by atoms with Crippen LogP contribution in [0, 0.1) is 0 Å². The molecular formula is C21H19BrN2O4S. The Balaban J connectivity index is 1.53. The van der Waals surface area contributed by atoms with E-state index in [9.17, 15) is 13.2 Å².